The van der Waals surface area contributed by atoms with Gasteiger partial charge < -0.3 is 21.3 Å². The lowest BCUT2D eigenvalue weighted by Gasteiger charge is -2.26. The van der Waals surface area contributed by atoms with Gasteiger partial charge in [0.25, 0.3) is 0 Å². The predicted molar refractivity (Wildman–Crippen MR) is 69.9 cm³/mol. The average molecular weight is 228 g/mol. The summed E-state index contributed by atoms with van der Waals surface area (Å²) in [6.07, 6.45) is 0. The van der Waals surface area contributed by atoms with Gasteiger partial charge >= 0.3 is 0 Å². The Balaban J connectivity index is 2.39. The Morgan fingerprint density at radius 1 is 0.500 bits per heavy atom. The Hall–Kier alpha value is -0.160. The normalized spacial score (nSPS) is 39.8. The molecule has 0 unspecified atom stereocenters. The molecular weight excluding hydrogens is 200 g/mol. The van der Waals surface area contributed by atoms with Crippen LogP contribution < -0.4 is 21.3 Å². The quantitative estimate of drug-likeness (QED) is 0.468. The van der Waals surface area contributed by atoms with E-state index in [1.54, 1.807) is 0 Å². The van der Waals surface area contributed by atoms with E-state index in [1.807, 2.05) is 0 Å². The van der Waals surface area contributed by atoms with E-state index in [2.05, 4.69) is 49.0 Å². The van der Waals surface area contributed by atoms with Gasteiger partial charge in [-0.25, -0.2) is 0 Å². The van der Waals surface area contributed by atoms with Crippen LogP contribution in [0, 0.1) is 0 Å². The second kappa shape index (κ2) is 7.22. The van der Waals surface area contributed by atoms with Crippen molar-refractivity contribution in [3.05, 3.63) is 0 Å². The van der Waals surface area contributed by atoms with Crippen molar-refractivity contribution < 1.29 is 0 Å². The lowest BCUT2D eigenvalue weighted by molar-refractivity contribution is 0.376. The lowest BCUT2D eigenvalue weighted by atomic mass is 10.2. The Kier molecular flexibility index (Phi) is 6.28. The summed E-state index contributed by atoms with van der Waals surface area (Å²) >= 11 is 0. The van der Waals surface area contributed by atoms with Crippen LogP contribution in [-0.2, 0) is 0 Å². The number of hydrogen-bond acceptors (Lipinski definition) is 4. The molecule has 0 radical (unpaired) electrons. The van der Waals surface area contributed by atoms with Crippen LogP contribution in [0.1, 0.15) is 27.7 Å². The van der Waals surface area contributed by atoms with E-state index in [-0.39, 0.29) is 0 Å². The maximum absolute atomic E-state index is 3.54. The molecule has 1 saturated heterocycles. The zero-order chi connectivity index (χ0) is 12.0. The zero-order valence-electron chi connectivity index (χ0n) is 11.1. The molecule has 0 aromatic rings. The van der Waals surface area contributed by atoms with Crippen molar-refractivity contribution in [1.82, 2.24) is 21.3 Å². The Labute approximate surface area is 99.9 Å². The van der Waals surface area contributed by atoms with Crippen LogP contribution in [0.2, 0.25) is 0 Å². The smallest absolute Gasteiger partial charge is 0.0164 e. The molecule has 0 spiro atoms. The van der Waals surface area contributed by atoms with Crippen molar-refractivity contribution in [3.63, 3.8) is 0 Å². The minimum Gasteiger partial charge on any atom is -0.311 e. The molecule has 0 amide bonds. The van der Waals surface area contributed by atoms with Crippen LogP contribution in [0.4, 0.5) is 0 Å². The fourth-order valence-electron chi connectivity index (χ4n) is 1.80. The number of nitrogens with one attached hydrogen (secondary N) is 4. The summed E-state index contributed by atoms with van der Waals surface area (Å²) in [7, 11) is 0. The molecule has 1 aliphatic heterocycles. The second-order valence-corrected chi connectivity index (χ2v) is 5.24. The Morgan fingerprint density at radius 3 is 0.875 bits per heavy atom. The highest BCUT2D eigenvalue weighted by Gasteiger charge is 2.11. The fraction of sp³-hybridized carbons (Fsp3) is 1.00. The van der Waals surface area contributed by atoms with Crippen molar-refractivity contribution >= 4 is 0 Å². The van der Waals surface area contributed by atoms with Crippen LogP contribution in [0.25, 0.3) is 0 Å². The van der Waals surface area contributed by atoms with Crippen molar-refractivity contribution in [2.24, 2.45) is 0 Å². The molecule has 1 heterocycles. The topological polar surface area (TPSA) is 48.1 Å². The minimum absolute atomic E-state index is 0.531. The second-order valence-electron chi connectivity index (χ2n) is 5.24. The van der Waals surface area contributed by atoms with Crippen LogP contribution in [-0.4, -0.2) is 50.3 Å². The van der Waals surface area contributed by atoms with E-state index in [9.17, 15) is 0 Å². The van der Waals surface area contributed by atoms with Gasteiger partial charge in [-0.2, -0.15) is 0 Å². The Bertz CT molecular complexity index is 130. The molecule has 1 aliphatic rings. The fourth-order valence-corrected chi connectivity index (χ4v) is 1.80. The van der Waals surface area contributed by atoms with E-state index in [0.29, 0.717) is 24.2 Å². The summed E-state index contributed by atoms with van der Waals surface area (Å²) in [5.74, 6) is 0. The lowest BCUT2D eigenvalue weighted by Crippen LogP contribution is -2.51. The van der Waals surface area contributed by atoms with Crippen LogP contribution in [0.3, 0.4) is 0 Å². The monoisotopic (exact) mass is 228 g/mol. The molecule has 0 aromatic heterocycles. The predicted octanol–water partition coefficient (Wildman–Crippen LogP) is -0.0876. The van der Waals surface area contributed by atoms with Gasteiger partial charge in [-0.15, -0.1) is 0 Å². The van der Waals surface area contributed by atoms with E-state index in [4.69, 9.17) is 0 Å². The van der Waals surface area contributed by atoms with Crippen molar-refractivity contribution in [3.8, 4) is 0 Å². The Morgan fingerprint density at radius 2 is 0.688 bits per heavy atom. The molecule has 4 N–H and O–H groups in total. The number of rotatable bonds is 0. The molecular formula is C12H28N4. The minimum atomic E-state index is 0.531. The highest BCUT2D eigenvalue weighted by molar-refractivity contribution is 4.77. The highest BCUT2D eigenvalue weighted by Crippen LogP contribution is 1.90. The van der Waals surface area contributed by atoms with Gasteiger partial charge in [-0.05, 0) is 27.7 Å². The summed E-state index contributed by atoms with van der Waals surface area (Å²) in [5, 5.41) is 14.2. The average Bonchev–Trinajstić information content (AvgIpc) is 2.27. The molecule has 1 rings (SSSR count). The third kappa shape index (κ3) is 5.80. The standard InChI is InChI=1S/C12H28N4/c1-9-5-14-11(3)7-16-12(4)8-15-10(2)6-13-9/h9-16H,5-8H2,1-4H3/t9-,10-,11-,12+/m1/s1. The third-order valence-electron chi connectivity index (χ3n) is 3.09. The summed E-state index contributed by atoms with van der Waals surface area (Å²) < 4.78 is 0. The molecule has 0 aliphatic carbocycles. The SMILES string of the molecule is C[C@@H]1CN[C@H](C)CN[C@@H](C)CN[C@H](C)CN1. The van der Waals surface area contributed by atoms with E-state index < -0.39 is 0 Å². The van der Waals surface area contributed by atoms with Gasteiger partial charge in [0.1, 0.15) is 0 Å². The largest absolute Gasteiger partial charge is 0.311 e. The van der Waals surface area contributed by atoms with Gasteiger partial charge in [-0.3, -0.25) is 0 Å². The first kappa shape index (κ1) is 13.9. The molecule has 16 heavy (non-hydrogen) atoms. The molecule has 0 bridgehead atoms. The summed E-state index contributed by atoms with van der Waals surface area (Å²) in [6.45, 7) is 13.0. The third-order valence-corrected chi connectivity index (χ3v) is 3.09. The van der Waals surface area contributed by atoms with Gasteiger partial charge in [0.15, 0.2) is 0 Å². The van der Waals surface area contributed by atoms with E-state index in [1.165, 1.54) is 0 Å². The first-order chi connectivity index (χ1) is 7.58. The molecule has 4 heteroatoms. The summed E-state index contributed by atoms with van der Waals surface area (Å²) in [6, 6.07) is 2.12. The van der Waals surface area contributed by atoms with Crippen LogP contribution in [0.5, 0.6) is 0 Å². The van der Waals surface area contributed by atoms with Gasteiger partial charge in [0.05, 0.1) is 0 Å². The van der Waals surface area contributed by atoms with Gasteiger partial charge in [0.2, 0.25) is 0 Å². The van der Waals surface area contributed by atoms with Crippen molar-refractivity contribution in [2.75, 3.05) is 26.2 Å². The van der Waals surface area contributed by atoms with Crippen molar-refractivity contribution in [1.29, 1.82) is 0 Å². The first-order valence-electron chi connectivity index (χ1n) is 6.51. The first-order valence-corrected chi connectivity index (χ1v) is 6.51. The maximum Gasteiger partial charge on any atom is 0.0164 e. The zero-order valence-corrected chi connectivity index (χ0v) is 11.1. The van der Waals surface area contributed by atoms with E-state index in [0.717, 1.165) is 26.2 Å². The molecule has 4 nitrogen and oxygen atoms in total. The van der Waals surface area contributed by atoms with Crippen LogP contribution in [0.15, 0.2) is 0 Å². The van der Waals surface area contributed by atoms with Crippen LogP contribution >= 0.6 is 0 Å². The summed E-state index contributed by atoms with van der Waals surface area (Å²) in [5.41, 5.74) is 0. The number of hydrogen-bond donors (Lipinski definition) is 4. The van der Waals surface area contributed by atoms with Gasteiger partial charge in [0, 0.05) is 50.3 Å². The maximum atomic E-state index is 3.54. The highest BCUT2D eigenvalue weighted by atomic mass is 15.1. The van der Waals surface area contributed by atoms with Gasteiger partial charge in [-0.1, -0.05) is 0 Å². The summed E-state index contributed by atoms with van der Waals surface area (Å²) in [4.78, 5) is 0. The molecule has 4 atom stereocenters. The molecule has 0 saturated carbocycles. The van der Waals surface area contributed by atoms with E-state index >= 15 is 0 Å². The molecule has 0 aromatic carbocycles. The van der Waals surface area contributed by atoms with Crippen molar-refractivity contribution in [2.45, 2.75) is 51.9 Å². The molecule has 1 fully saturated rings. The molecule has 96 valence electrons.